The summed E-state index contributed by atoms with van der Waals surface area (Å²) >= 11 is 0. The minimum atomic E-state index is -3.59. The molecule has 0 atom stereocenters. The van der Waals surface area contributed by atoms with Crippen LogP contribution in [0.2, 0.25) is 0 Å². The third kappa shape index (κ3) is 5.80. The molecule has 0 aliphatic rings. The first-order valence-electron chi connectivity index (χ1n) is 7.60. The molecule has 0 bridgehead atoms. The molecular formula is C16H20FN5O2S. The first kappa shape index (κ1) is 18.8. The van der Waals surface area contributed by atoms with Crippen LogP contribution in [0.3, 0.4) is 0 Å². The molecule has 25 heavy (non-hydrogen) atoms. The quantitative estimate of drug-likeness (QED) is 0.384. The lowest BCUT2D eigenvalue weighted by Gasteiger charge is -2.13. The fourth-order valence-electron chi connectivity index (χ4n) is 2.00. The van der Waals surface area contributed by atoms with Gasteiger partial charge in [0.05, 0.1) is 0 Å². The number of sulfonamides is 1. The van der Waals surface area contributed by atoms with Gasteiger partial charge < -0.3 is 10.6 Å². The Morgan fingerprint density at radius 3 is 2.64 bits per heavy atom. The van der Waals surface area contributed by atoms with E-state index in [1.807, 2.05) is 0 Å². The average molecular weight is 365 g/mol. The molecule has 2 aromatic rings. The van der Waals surface area contributed by atoms with E-state index in [2.05, 4.69) is 25.3 Å². The summed E-state index contributed by atoms with van der Waals surface area (Å²) < 4.78 is 40.1. The molecule has 0 saturated heterocycles. The van der Waals surface area contributed by atoms with E-state index < -0.39 is 10.0 Å². The lowest BCUT2D eigenvalue weighted by atomic mass is 10.2. The minimum absolute atomic E-state index is 0.108. The van der Waals surface area contributed by atoms with Crippen LogP contribution < -0.4 is 15.4 Å². The van der Waals surface area contributed by atoms with Crippen molar-refractivity contribution in [2.75, 3.05) is 20.1 Å². The molecule has 1 aromatic carbocycles. The standard InChI is InChI=1S/C16H20FN5O2S/c1-18-16(21-11-13-5-2-3-7-15(13)17)20-9-10-22-25(23,24)14-6-4-8-19-12-14/h2-8,12,22H,9-11H2,1H3,(H2,18,20,21). The number of pyridine rings is 1. The van der Waals surface area contributed by atoms with E-state index in [1.54, 1.807) is 31.3 Å². The second kappa shape index (κ2) is 9.09. The van der Waals surface area contributed by atoms with E-state index in [0.717, 1.165) is 0 Å². The molecule has 0 radical (unpaired) electrons. The number of hydrogen-bond acceptors (Lipinski definition) is 4. The summed E-state index contributed by atoms with van der Waals surface area (Å²) in [7, 11) is -2.01. The maximum absolute atomic E-state index is 13.6. The molecule has 1 aromatic heterocycles. The highest BCUT2D eigenvalue weighted by atomic mass is 32.2. The average Bonchev–Trinajstić information content (AvgIpc) is 2.63. The van der Waals surface area contributed by atoms with Crippen molar-refractivity contribution in [3.05, 3.63) is 60.2 Å². The number of hydrogen-bond donors (Lipinski definition) is 3. The lowest BCUT2D eigenvalue weighted by Crippen LogP contribution is -2.41. The number of rotatable bonds is 7. The molecular weight excluding hydrogens is 345 g/mol. The number of halogens is 1. The van der Waals surface area contributed by atoms with Gasteiger partial charge in [-0.15, -0.1) is 0 Å². The third-order valence-electron chi connectivity index (χ3n) is 3.28. The van der Waals surface area contributed by atoms with Gasteiger partial charge in [-0.1, -0.05) is 18.2 Å². The van der Waals surface area contributed by atoms with Crippen molar-refractivity contribution >= 4 is 16.0 Å². The summed E-state index contributed by atoms with van der Waals surface area (Å²) in [5, 5.41) is 5.92. The van der Waals surface area contributed by atoms with Crippen molar-refractivity contribution in [1.29, 1.82) is 0 Å². The van der Waals surface area contributed by atoms with Gasteiger partial charge in [-0.05, 0) is 18.2 Å². The summed E-state index contributed by atoms with van der Waals surface area (Å²) in [5.74, 6) is 0.151. The van der Waals surface area contributed by atoms with Gasteiger partial charge in [-0.2, -0.15) is 0 Å². The second-order valence-electron chi connectivity index (χ2n) is 5.03. The van der Waals surface area contributed by atoms with E-state index in [-0.39, 0.29) is 23.8 Å². The van der Waals surface area contributed by atoms with Crippen LogP contribution in [0.1, 0.15) is 5.56 Å². The van der Waals surface area contributed by atoms with Crippen molar-refractivity contribution < 1.29 is 12.8 Å². The van der Waals surface area contributed by atoms with Gasteiger partial charge in [-0.25, -0.2) is 17.5 Å². The van der Waals surface area contributed by atoms with Crippen LogP contribution in [0.4, 0.5) is 4.39 Å². The molecule has 0 amide bonds. The molecule has 0 aliphatic heterocycles. The van der Waals surface area contributed by atoms with Gasteiger partial charge in [0.25, 0.3) is 0 Å². The zero-order valence-electron chi connectivity index (χ0n) is 13.7. The van der Waals surface area contributed by atoms with E-state index in [0.29, 0.717) is 18.1 Å². The summed E-state index contributed by atoms with van der Waals surface area (Å²) in [6.07, 6.45) is 2.79. The zero-order valence-corrected chi connectivity index (χ0v) is 14.6. The smallest absolute Gasteiger partial charge is 0.242 e. The van der Waals surface area contributed by atoms with Crippen molar-refractivity contribution in [2.45, 2.75) is 11.4 Å². The molecule has 134 valence electrons. The highest BCUT2D eigenvalue weighted by Crippen LogP contribution is 2.05. The molecule has 9 heteroatoms. The monoisotopic (exact) mass is 365 g/mol. The Morgan fingerprint density at radius 1 is 1.16 bits per heavy atom. The minimum Gasteiger partial charge on any atom is -0.355 e. The summed E-state index contributed by atoms with van der Waals surface area (Å²) in [5.41, 5.74) is 0.516. The molecule has 0 saturated carbocycles. The van der Waals surface area contributed by atoms with Crippen molar-refractivity contribution in [3.8, 4) is 0 Å². The van der Waals surface area contributed by atoms with Crippen LogP contribution in [-0.2, 0) is 16.6 Å². The molecule has 0 unspecified atom stereocenters. The maximum Gasteiger partial charge on any atom is 0.242 e. The van der Waals surface area contributed by atoms with E-state index >= 15 is 0 Å². The van der Waals surface area contributed by atoms with Crippen LogP contribution in [0.15, 0.2) is 58.7 Å². The molecule has 0 spiro atoms. The summed E-state index contributed by atoms with van der Waals surface area (Å²) in [6, 6.07) is 9.47. The largest absolute Gasteiger partial charge is 0.355 e. The number of nitrogens with zero attached hydrogens (tertiary/aromatic N) is 2. The first-order chi connectivity index (χ1) is 12.0. The number of aromatic nitrogens is 1. The third-order valence-corrected chi connectivity index (χ3v) is 4.73. The molecule has 1 heterocycles. The first-order valence-corrected chi connectivity index (χ1v) is 9.09. The normalized spacial score (nSPS) is 12.0. The Bertz CT molecular complexity index is 812. The molecule has 0 aliphatic carbocycles. The van der Waals surface area contributed by atoms with Gasteiger partial charge in [0.2, 0.25) is 10.0 Å². The number of nitrogens with one attached hydrogen (secondary N) is 3. The summed E-state index contributed by atoms with van der Waals surface area (Å²) in [4.78, 5) is 7.90. The highest BCUT2D eigenvalue weighted by molar-refractivity contribution is 7.89. The Balaban J connectivity index is 1.77. The Kier molecular flexibility index (Phi) is 6.84. The predicted octanol–water partition coefficient (Wildman–Crippen LogP) is 0.864. The van der Waals surface area contributed by atoms with Gasteiger partial charge in [-0.3, -0.25) is 9.98 Å². The fourth-order valence-corrected chi connectivity index (χ4v) is 2.99. The van der Waals surface area contributed by atoms with Crippen LogP contribution in [0.5, 0.6) is 0 Å². The molecule has 7 nitrogen and oxygen atoms in total. The lowest BCUT2D eigenvalue weighted by molar-refractivity contribution is 0.579. The van der Waals surface area contributed by atoms with Crippen LogP contribution in [-0.4, -0.2) is 39.5 Å². The van der Waals surface area contributed by atoms with Crippen LogP contribution in [0, 0.1) is 5.82 Å². The number of guanidine groups is 1. The highest BCUT2D eigenvalue weighted by Gasteiger charge is 2.12. The van der Waals surface area contributed by atoms with Crippen molar-refractivity contribution in [3.63, 3.8) is 0 Å². The number of aliphatic imine (C=N–C) groups is 1. The topological polar surface area (TPSA) is 95.5 Å². The van der Waals surface area contributed by atoms with E-state index in [1.165, 1.54) is 24.5 Å². The molecule has 2 rings (SSSR count). The van der Waals surface area contributed by atoms with Gasteiger partial charge in [0.1, 0.15) is 10.7 Å². The second-order valence-corrected chi connectivity index (χ2v) is 6.80. The van der Waals surface area contributed by atoms with Crippen molar-refractivity contribution in [2.24, 2.45) is 4.99 Å². The van der Waals surface area contributed by atoms with E-state index in [4.69, 9.17) is 0 Å². The van der Waals surface area contributed by atoms with Gasteiger partial charge in [0, 0.05) is 44.6 Å². The predicted molar refractivity (Wildman–Crippen MR) is 94.0 cm³/mol. The Hall–Kier alpha value is -2.52. The SMILES string of the molecule is CN=C(NCCNS(=O)(=O)c1cccnc1)NCc1ccccc1F. The van der Waals surface area contributed by atoms with Gasteiger partial charge in [0.15, 0.2) is 5.96 Å². The van der Waals surface area contributed by atoms with Crippen LogP contribution >= 0.6 is 0 Å². The maximum atomic E-state index is 13.6. The number of benzene rings is 1. The fraction of sp³-hybridized carbons (Fsp3) is 0.250. The van der Waals surface area contributed by atoms with Crippen LogP contribution in [0.25, 0.3) is 0 Å². The van der Waals surface area contributed by atoms with Crippen molar-refractivity contribution in [1.82, 2.24) is 20.3 Å². The Labute approximate surface area is 146 Å². The van der Waals surface area contributed by atoms with E-state index in [9.17, 15) is 12.8 Å². The zero-order chi connectivity index (χ0) is 18.1. The van der Waals surface area contributed by atoms with Gasteiger partial charge >= 0.3 is 0 Å². The molecule has 0 fully saturated rings. The Morgan fingerprint density at radius 2 is 1.96 bits per heavy atom. The summed E-state index contributed by atoms with van der Waals surface area (Å²) in [6.45, 7) is 0.752. The molecule has 3 N–H and O–H groups in total.